The lowest BCUT2D eigenvalue weighted by Crippen LogP contribution is -2.48. The number of H-pyrrole nitrogens is 1. The first-order valence-electron chi connectivity index (χ1n) is 10.2. The highest BCUT2D eigenvalue weighted by Crippen LogP contribution is 2.23. The number of hydrogen-bond donors (Lipinski definition) is 4. The number of rotatable bonds is 5. The fourth-order valence-corrected chi connectivity index (χ4v) is 4.57. The van der Waals surface area contributed by atoms with Crippen LogP contribution in [0.3, 0.4) is 0 Å². The summed E-state index contributed by atoms with van der Waals surface area (Å²) in [5.74, 6) is -1.35. The molecular weight excluding hydrogens is 444 g/mol. The van der Waals surface area contributed by atoms with Crippen LogP contribution in [0.4, 0.5) is 0 Å². The third kappa shape index (κ3) is 4.62. The number of amidine groups is 1. The molecule has 33 heavy (non-hydrogen) atoms. The highest BCUT2D eigenvalue weighted by Gasteiger charge is 2.32. The van der Waals surface area contributed by atoms with Gasteiger partial charge in [0.2, 0.25) is 0 Å². The summed E-state index contributed by atoms with van der Waals surface area (Å²) < 4.78 is 27.0. The maximum Gasteiger partial charge on any atom is 0.287 e. The van der Waals surface area contributed by atoms with Gasteiger partial charge in [-0.2, -0.15) is 5.10 Å². The topological polar surface area (TPSA) is 145 Å². The largest absolute Gasteiger partial charge is 0.287 e. The molecule has 1 aliphatic rings. The second kappa shape index (κ2) is 8.87. The molecule has 170 valence electrons. The molecule has 1 aromatic heterocycles. The van der Waals surface area contributed by atoms with Crippen molar-refractivity contribution >= 4 is 27.7 Å². The number of aromatic amines is 1. The molecule has 2 amide bonds. The van der Waals surface area contributed by atoms with Crippen LogP contribution in [-0.2, 0) is 14.8 Å². The number of hydrogen-bond acceptors (Lipinski definition) is 6. The molecule has 0 radical (unpaired) electrons. The second-order valence-corrected chi connectivity index (χ2v) is 9.40. The van der Waals surface area contributed by atoms with Crippen LogP contribution in [0, 0.1) is 5.92 Å². The van der Waals surface area contributed by atoms with E-state index >= 15 is 0 Å². The van der Waals surface area contributed by atoms with Crippen molar-refractivity contribution < 1.29 is 18.0 Å². The number of aliphatic imine (C=N–C) groups is 1. The molecule has 0 unspecified atom stereocenters. The van der Waals surface area contributed by atoms with Crippen molar-refractivity contribution in [3.05, 3.63) is 71.9 Å². The van der Waals surface area contributed by atoms with Gasteiger partial charge < -0.3 is 0 Å². The van der Waals surface area contributed by atoms with Gasteiger partial charge in [0.15, 0.2) is 0 Å². The summed E-state index contributed by atoms with van der Waals surface area (Å²) in [5.41, 5.74) is 6.69. The predicted octanol–water partition coefficient (Wildman–Crippen LogP) is 1.60. The Labute approximate surface area is 190 Å². The quantitative estimate of drug-likeness (QED) is 0.422. The standard InChI is InChI=1S/C22H22N6O4S/c1-13(2)19(23-20-15-10-6-7-11-18(15)33(31,32)28-20)22(30)27-26-21(29)17-12-16(24-25-17)14-8-4-3-5-9-14/h3-13,19H,1-2H3,(H,23,28)(H,24,25)(H,26,29)(H,27,30)/t19-/m0/s1. The minimum Gasteiger partial charge on any atom is -0.272 e. The lowest BCUT2D eigenvalue weighted by Gasteiger charge is -2.17. The van der Waals surface area contributed by atoms with E-state index in [0.717, 1.165) is 5.56 Å². The van der Waals surface area contributed by atoms with Gasteiger partial charge in [0.25, 0.3) is 21.8 Å². The first-order chi connectivity index (χ1) is 15.8. The van der Waals surface area contributed by atoms with Crippen LogP contribution in [0.2, 0.25) is 0 Å². The monoisotopic (exact) mass is 466 g/mol. The number of nitrogens with one attached hydrogen (secondary N) is 4. The minimum absolute atomic E-state index is 0.0897. The molecular formula is C22H22N6O4S. The molecule has 3 aromatic rings. The molecule has 2 heterocycles. The minimum atomic E-state index is -3.73. The Bertz CT molecular complexity index is 1330. The Hall–Kier alpha value is -3.99. The molecule has 10 nitrogen and oxygen atoms in total. The summed E-state index contributed by atoms with van der Waals surface area (Å²) in [6.45, 7) is 3.54. The molecule has 0 fully saturated rings. The first-order valence-corrected chi connectivity index (χ1v) is 11.7. The fraction of sp³-hybridized carbons (Fsp3) is 0.182. The number of hydrazine groups is 1. The van der Waals surface area contributed by atoms with Gasteiger partial charge in [-0.1, -0.05) is 56.3 Å². The molecule has 0 aliphatic carbocycles. The van der Waals surface area contributed by atoms with Crippen LogP contribution in [0.15, 0.2) is 70.6 Å². The van der Waals surface area contributed by atoms with E-state index in [2.05, 4.69) is 30.8 Å². The molecule has 4 N–H and O–H groups in total. The first kappa shape index (κ1) is 22.2. The van der Waals surface area contributed by atoms with Crippen LogP contribution in [-0.4, -0.2) is 42.3 Å². The van der Waals surface area contributed by atoms with E-state index in [-0.39, 0.29) is 22.3 Å². The van der Waals surface area contributed by atoms with Gasteiger partial charge in [-0.3, -0.25) is 35.3 Å². The molecule has 0 saturated carbocycles. The lowest BCUT2D eigenvalue weighted by atomic mass is 10.0. The van der Waals surface area contributed by atoms with E-state index in [4.69, 9.17) is 0 Å². The normalized spacial score (nSPS) is 16.2. The van der Waals surface area contributed by atoms with E-state index in [9.17, 15) is 18.0 Å². The Kier molecular flexibility index (Phi) is 5.97. The molecule has 1 atom stereocenters. The zero-order chi connectivity index (χ0) is 23.6. The van der Waals surface area contributed by atoms with Crippen LogP contribution in [0.25, 0.3) is 11.3 Å². The number of carbonyl (C=O) groups is 2. The van der Waals surface area contributed by atoms with Gasteiger partial charge >= 0.3 is 0 Å². The predicted molar refractivity (Wildman–Crippen MR) is 122 cm³/mol. The maximum absolute atomic E-state index is 12.8. The lowest BCUT2D eigenvalue weighted by molar-refractivity contribution is -0.123. The van der Waals surface area contributed by atoms with Crippen LogP contribution in [0.1, 0.15) is 29.9 Å². The number of sulfonamides is 1. The van der Waals surface area contributed by atoms with E-state index in [1.807, 2.05) is 30.3 Å². The smallest absolute Gasteiger partial charge is 0.272 e. The molecule has 4 rings (SSSR count). The van der Waals surface area contributed by atoms with Gasteiger partial charge in [-0.25, -0.2) is 8.42 Å². The van der Waals surface area contributed by atoms with E-state index < -0.39 is 27.9 Å². The van der Waals surface area contributed by atoms with Crippen LogP contribution in [0.5, 0.6) is 0 Å². The van der Waals surface area contributed by atoms with Crippen molar-refractivity contribution in [1.29, 1.82) is 0 Å². The van der Waals surface area contributed by atoms with Crippen molar-refractivity contribution in [2.45, 2.75) is 24.8 Å². The third-order valence-electron chi connectivity index (χ3n) is 5.02. The third-order valence-corrected chi connectivity index (χ3v) is 6.42. The summed E-state index contributed by atoms with van der Waals surface area (Å²) in [6.07, 6.45) is 0. The number of benzene rings is 2. The summed E-state index contributed by atoms with van der Waals surface area (Å²) in [5, 5.41) is 6.76. The zero-order valence-electron chi connectivity index (χ0n) is 17.9. The molecule has 0 saturated heterocycles. The van der Waals surface area contributed by atoms with Gasteiger partial charge in [-0.05, 0) is 24.1 Å². The number of amides is 2. The summed E-state index contributed by atoms with van der Waals surface area (Å²) in [4.78, 5) is 29.7. The van der Waals surface area contributed by atoms with E-state index in [1.165, 1.54) is 6.07 Å². The van der Waals surface area contributed by atoms with E-state index in [0.29, 0.717) is 11.3 Å². The Morgan fingerprint density at radius 3 is 2.42 bits per heavy atom. The van der Waals surface area contributed by atoms with Gasteiger partial charge in [0.05, 0.1) is 10.6 Å². The molecule has 0 bridgehead atoms. The Morgan fingerprint density at radius 1 is 1.00 bits per heavy atom. The summed E-state index contributed by atoms with van der Waals surface area (Å²) in [7, 11) is -3.73. The number of aromatic nitrogens is 2. The van der Waals surface area contributed by atoms with Gasteiger partial charge in [-0.15, -0.1) is 0 Å². The number of carbonyl (C=O) groups excluding carboxylic acids is 2. The second-order valence-electron chi connectivity index (χ2n) is 7.74. The summed E-state index contributed by atoms with van der Waals surface area (Å²) >= 11 is 0. The van der Waals surface area contributed by atoms with Crippen LogP contribution >= 0.6 is 0 Å². The number of nitrogens with zero attached hydrogens (tertiary/aromatic N) is 2. The van der Waals surface area contributed by atoms with Crippen molar-refractivity contribution in [2.24, 2.45) is 10.9 Å². The van der Waals surface area contributed by atoms with Crippen molar-refractivity contribution in [3.63, 3.8) is 0 Å². The molecule has 1 aliphatic heterocycles. The average Bonchev–Trinajstić information content (AvgIpc) is 3.39. The molecule has 0 spiro atoms. The Morgan fingerprint density at radius 2 is 1.70 bits per heavy atom. The fourth-order valence-electron chi connectivity index (χ4n) is 3.33. The average molecular weight is 467 g/mol. The van der Waals surface area contributed by atoms with Gasteiger partial charge in [0.1, 0.15) is 17.6 Å². The highest BCUT2D eigenvalue weighted by atomic mass is 32.2. The van der Waals surface area contributed by atoms with Crippen LogP contribution < -0.4 is 15.6 Å². The number of fused-ring (bicyclic) bond motifs is 1. The van der Waals surface area contributed by atoms with E-state index in [1.54, 1.807) is 38.1 Å². The summed E-state index contributed by atoms with van der Waals surface area (Å²) in [6, 6.07) is 16.3. The van der Waals surface area contributed by atoms with Gasteiger partial charge in [0, 0.05) is 11.1 Å². The molecule has 11 heteroatoms. The van der Waals surface area contributed by atoms with Crippen molar-refractivity contribution in [2.75, 3.05) is 0 Å². The highest BCUT2D eigenvalue weighted by molar-refractivity contribution is 7.90. The zero-order valence-corrected chi connectivity index (χ0v) is 18.7. The van der Waals surface area contributed by atoms with Crippen molar-refractivity contribution in [1.82, 2.24) is 25.8 Å². The molecule has 2 aromatic carbocycles. The maximum atomic E-state index is 12.8. The Balaban J connectivity index is 1.46. The SMILES string of the molecule is CC(C)[C@H](N=C1NS(=O)(=O)c2ccccc21)C(=O)NNC(=O)c1cc(-c2ccccc2)n[nH]1. The van der Waals surface area contributed by atoms with Crippen molar-refractivity contribution in [3.8, 4) is 11.3 Å².